The number of halogens is 1. The first-order valence-electron chi connectivity index (χ1n) is 6.52. The van der Waals surface area contributed by atoms with Crippen molar-refractivity contribution in [1.82, 2.24) is 35.6 Å². The van der Waals surface area contributed by atoms with Crippen molar-refractivity contribution >= 4 is 17.5 Å². The van der Waals surface area contributed by atoms with Crippen molar-refractivity contribution in [3.8, 4) is 0 Å². The normalized spacial score (nSPS) is 14.2. The largest absolute Gasteiger partial charge is 0.340 e. The predicted molar refractivity (Wildman–Crippen MR) is 76.6 cm³/mol. The molecule has 0 spiro atoms. The van der Waals surface area contributed by atoms with Gasteiger partial charge in [0.25, 0.3) is 0 Å². The lowest BCUT2D eigenvalue weighted by Gasteiger charge is -2.27. The molecule has 8 nitrogen and oxygen atoms in total. The fourth-order valence-electron chi connectivity index (χ4n) is 1.82. The van der Waals surface area contributed by atoms with Gasteiger partial charge in [-0.3, -0.25) is 9.89 Å². The Morgan fingerprint density at radius 3 is 2.71 bits per heavy atom. The molecule has 3 rings (SSSR count). The van der Waals surface area contributed by atoms with Gasteiger partial charge in [-0.25, -0.2) is 9.97 Å². The van der Waals surface area contributed by atoms with Crippen LogP contribution in [0.15, 0.2) is 24.7 Å². The van der Waals surface area contributed by atoms with E-state index in [0.717, 1.165) is 26.2 Å². The van der Waals surface area contributed by atoms with Crippen molar-refractivity contribution in [2.45, 2.75) is 6.42 Å². The highest BCUT2D eigenvalue weighted by Gasteiger charge is 2.16. The van der Waals surface area contributed by atoms with E-state index >= 15 is 0 Å². The van der Waals surface area contributed by atoms with Gasteiger partial charge in [0.15, 0.2) is 0 Å². The van der Waals surface area contributed by atoms with E-state index in [1.165, 1.54) is 0 Å². The van der Waals surface area contributed by atoms with Gasteiger partial charge < -0.3 is 10.2 Å². The number of aromatic nitrogens is 5. The van der Waals surface area contributed by atoms with Crippen LogP contribution in [0.5, 0.6) is 0 Å². The molecule has 0 unspecified atom stereocenters. The van der Waals surface area contributed by atoms with Crippen LogP contribution < -0.4 is 5.32 Å². The molecule has 1 saturated heterocycles. The second-order valence-electron chi connectivity index (χ2n) is 4.28. The quantitative estimate of drug-likeness (QED) is 0.752. The topological polar surface area (TPSA) is 99.7 Å². The molecule has 0 bridgehead atoms. The highest BCUT2D eigenvalue weighted by atomic mass is 35.5. The lowest BCUT2D eigenvalue weighted by atomic mass is 10.2. The van der Waals surface area contributed by atoms with Gasteiger partial charge in [0.2, 0.25) is 11.2 Å². The minimum atomic E-state index is 0.0938. The number of hydrogen-bond donors (Lipinski definition) is 2. The van der Waals surface area contributed by atoms with Gasteiger partial charge in [0.1, 0.15) is 0 Å². The number of piperazine rings is 1. The molecule has 0 saturated carbocycles. The summed E-state index contributed by atoms with van der Waals surface area (Å²) in [5.74, 6) is 0.0938. The van der Waals surface area contributed by atoms with Crippen LogP contribution in [0.1, 0.15) is 5.69 Å². The fraction of sp³-hybridized carbons (Fsp3) is 0.417. The van der Waals surface area contributed by atoms with E-state index in [1.807, 2.05) is 4.90 Å². The summed E-state index contributed by atoms with van der Waals surface area (Å²) in [6, 6.07) is 1.71. The summed E-state index contributed by atoms with van der Waals surface area (Å²) >= 11 is 5.66. The molecule has 1 amide bonds. The number of amides is 1. The van der Waals surface area contributed by atoms with E-state index < -0.39 is 0 Å². The molecule has 1 aliphatic rings. The molecule has 112 valence electrons. The molecule has 9 heteroatoms. The van der Waals surface area contributed by atoms with Crippen LogP contribution in [0.3, 0.4) is 0 Å². The lowest BCUT2D eigenvalue weighted by molar-refractivity contribution is -0.131. The molecular weight excluding hydrogens is 294 g/mol. The Hall–Kier alpha value is -2.06. The standard InChI is InChI=1S/C10H13ClN4O.C2H3N3/c11-10-13-2-1-8(14-10)7-9(16)15-5-3-12-4-6-15;1-2-4-5-3-1/h1-2,12H,3-7H2;1-2H,(H,3,4,5). The molecule has 0 atom stereocenters. The van der Waals surface area contributed by atoms with Gasteiger partial charge in [-0.2, -0.15) is 0 Å². The van der Waals surface area contributed by atoms with E-state index in [1.54, 1.807) is 24.7 Å². The molecular formula is C12H16ClN7O. The van der Waals surface area contributed by atoms with Gasteiger partial charge in [-0.05, 0) is 17.7 Å². The number of rotatable bonds is 2. The molecule has 2 aromatic heterocycles. The van der Waals surface area contributed by atoms with Crippen LogP contribution in [-0.2, 0) is 11.2 Å². The number of hydrogen-bond acceptors (Lipinski definition) is 6. The van der Waals surface area contributed by atoms with Crippen molar-refractivity contribution in [2.75, 3.05) is 26.2 Å². The molecule has 0 radical (unpaired) electrons. The van der Waals surface area contributed by atoms with Crippen LogP contribution in [0.4, 0.5) is 0 Å². The Labute approximate surface area is 126 Å². The molecule has 3 heterocycles. The average Bonchev–Trinajstić information content (AvgIpc) is 3.08. The van der Waals surface area contributed by atoms with Gasteiger partial charge >= 0.3 is 0 Å². The Kier molecular flexibility index (Phi) is 6.04. The smallest absolute Gasteiger partial charge is 0.228 e. The Bertz CT molecular complexity index is 525. The summed E-state index contributed by atoms with van der Waals surface area (Å²) in [6.07, 6.45) is 5.10. The molecule has 0 aliphatic carbocycles. The SMILES string of the molecule is O=C(Cc1ccnc(Cl)n1)N1CCNCC1.c1c[nH]nn1. The Balaban J connectivity index is 0.000000272. The second-order valence-corrected chi connectivity index (χ2v) is 4.62. The molecule has 21 heavy (non-hydrogen) atoms. The Morgan fingerprint density at radius 1 is 1.33 bits per heavy atom. The zero-order chi connectivity index (χ0) is 14.9. The van der Waals surface area contributed by atoms with Gasteiger partial charge in [-0.1, -0.05) is 5.21 Å². The van der Waals surface area contributed by atoms with Crippen molar-refractivity contribution in [3.05, 3.63) is 35.6 Å². The first kappa shape index (κ1) is 15.3. The number of carbonyl (C=O) groups excluding carboxylic acids is 1. The third kappa shape index (κ3) is 5.44. The monoisotopic (exact) mass is 309 g/mol. The Morgan fingerprint density at radius 2 is 2.14 bits per heavy atom. The number of nitrogens with zero attached hydrogens (tertiary/aromatic N) is 5. The third-order valence-corrected chi connectivity index (χ3v) is 3.00. The highest BCUT2D eigenvalue weighted by molar-refractivity contribution is 6.28. The highest BCUT2D eigenvalue weighted by Crippen LogP contribution is 2.04. The molecule has 1 fully saturated rings. The summed E-state index contributed by atoms with van der Waals surface area (Å²) in [7, 11) is 0. The van der Waals surface area contributed by atoms with E-state index in [-0.39, 0.29) is 11.2 Å². The van der Waals surface area contributed by atoms with E-state index in [0.29, 0.717) is 12.1 Å². The maximum atomic E-state index is 11.9. The summed E-state index contributed by atoms with van der Waals surface area (Å²) in [6.45, 7) is 3.24. The van der Waals surface area contributed by atoms with E-state index in [2.05, 4.69) is 30.7 Å². The number of aromatic amines is 1. The van der Waals surface area contributed by atoms with Crippen molar-refractivity contribution in [1.29, 1.82) is 0 Å². The van der Waals surface area contributed by atoms with Crippen LogP contribution >= 0.6 is 11.6 Å². The lowest BCUT2D eigenvalue weighted by Crippen LogP contribution is -2.47. The maximum Gasteiger partial charge on any atom is 0.228 e. The van der Waals surface area contributed by atoms with Crippen LogP contribution in [0, 0.1) is 0 Å². The van der Waals surface area contributed by atoms with Gasteiger partial charge in [0.05, 0.1) is 18.3 Å². The first-order valence-corrected chi connectivity index (χ1v) is 6.90. The second kappa shape index (κ2) is 8.28. The molecule has 2 N–H and O–H groups in total. The van der Waals surface area contributed by atoms with Gasteiger partial charge in [-0.15, -0.1) is 5.10 Å². The van der Waals surface area contributed by atoms with E-state index in [4.69, 9.17) is 11.6 Å². The summed E-state index contributed by atoms with van der Waals surface area (Å²) in [4.78, 5) is 21.5. The minimum Gasteiger partial charge on any atom is -0.340 e. The zero-order valence-electron chi connectivity index (χ0n) is 11.4. The van der Waals surface area contributed by atoms with Crippen LogP contribution in [0.2, 0.25) is 5.28 Å². The number of H-pyrrole nitrogens is 1. The predicted octanol–water partition coefficient (Wildman–Crippen LogP) is -0.0910. The van der Waals surface area contributed by atoms with E-state index in [9.17, 15) is 4.79 Å². The van der Waals surface area contributed by atoms with Crippen molar-refractivity contribution in [3.63, 3.8) is 0 Å². The van der Waals surface area contributed by atoms with Crippen molar-refractivity contribution in [2.24, 2.45) is 0 Å². The van der Waals surface area contributed by atoms with Crippen LogP contribution in [-0.4, -0.2) is 62.4 Å². The number of nitrogens with one attached hydrogen (secondary N) is 2. The molecule has 1 aliphatic heterocycles. The summed E-state index contributed by atoms with van der Waals surface area (Å²) < 4.78 is 0. The molecule has 2 aromatic rings. The number of carbonyl (C=O) groups is 1. The average molecular weight is 310 g/mol. The third-order valence-electron chi connectivity index (χ3n) is 2.82. The van der Waals surface area contributed by atoms with Gasteiger partial charge in [0, 0.05) is 38.6 Å². The van der Waals surface area contributed by atoms with Crippen molar-refractivity contribution < 1.29 is 4.79 Å². The summed E-state index contributed by atoms with van der Waals surface area (Å²) in [5, 5.41) is 12.7. The van der Waals surface area contributed by atoms with Crippen LogP contribution in [0.25, 0.3) is 0 Å². The maximum absolute atomic E-state index is 11.9. The minimum absolute atomic E-state index is 0.0938. The first-order chi connectivity index (χ1) is 10.3. The summed E-state index contributed by atoms with van der Waals surface area (Å²) in [5.41, 5.74) is 0.670. The molecule has 0 aromatic carbocycles. The zero-order valence-corrected chi connectivity index (χ0v) is 12.1. The fourth-order valence-corrected chi connectivity index (χ4v) is 1.98.